The van der Waals surface area contributed by atoms with Crippen LogP contribution in [0.15, 0.2) is 0 Å². The fraction of sp³-hybridized carbons (Fsp3) is 1.00. The van der Waals surface area contributed by atoms with E-state index in [-0.39, 0.29) is 0 Å². The number of rotatable bonds is 5. The van der Waals surface area contributed by atoms with Gasteiger partial charge < -0.3 is 4.48 Å². The van der Waals surface area contributed by atoms with Crippen molar-refractivity contribution < 1.29 is 4.48 Å². The predicted molar refractivity (Wildman–Crippen MR) is 88.4 cm³/mol. The first-order valence-electron chi connectivity index (χ1n) is 8.62. The second kappa shape index (κ2) is 7.41. The van der Waals surface area contributed by atoms with Crippen LogP contribution in [-0.4, -0.2) is 49.7 Å². The van der Waals surface area contributed by atoms with E-state index in [2.05, 4.69) is 21.1 Å². The van der Waals surface area contributed by atoms with E-state index in [1.165, 1.54) is 45.1 Å². The molecule has 0 saturated heterocycles. The molecule has 2 heteroatoms. The van der Waals surface area contributed by atoms with Gasteiger partial charge in [0, 0.05) is 6.16 Å². The molecule has 2 aliphatic carbocycles. The maximum Gasteiger partial charge on any atom is 0.0820 e. The van der Waals surface area contributed by atoms with Crippen LogP contribution in [0.4, 0.5) is 0 Å². The molecule has 0 spiro atoms. The second-order valence-corrected chi connectivity index (χ2v) is 10.8. The topological polar surface area (TPSA) is 0 Å². The normalized spacial score (nSPS) is 24.0. The summed E-state index contributed by atoms with van der Waals surface area (Å²) < 4.78 is 1.16. The minimum atomic E-state index is 0.323. The Labute approximate surface area is 122 Å². The third-order valence-electron chi connectivity index (χ3n) is 5.12. The predicted octanol–water partition coefficient (Wildman–Crippen LogP) is 4.84. The van der Waals surface area contributed by atoms with E-state index in [9.17, 15) is 0 Å². The maximum atomic E-state index is 2.37. The van der Waals surface area contributed by atoms with Crippen molar-refractivity contribution in [3.8, 4) is 0 Å². The zero-order valence-electron chi connectivity index (χ0n) is 13.5. The van der Waals surface area contributed by atoms with Gasteiger partial charge in [-0.05, 0) is 37.0 Å². The molecule has 0 radical (unpaired) electrons. The third-order valence-corrected chi connectivity index (χ3v) is 8.74. The highest BCUT2D eigenvalue weighted by atomic mass is 31.1. The van der Waals surface area contributed by atoms with Crippen LogP contribution in [0.5, 0.6) is 0 Å². The van der Waals surface area contributed by atoms with E-state index in [1.54, 1.807) is 31.8 Å². The van der Waals surface area contributed by atoms with Crippen molar-refractivity contribution in [1.82, 2.24) is 0 Å². The third kappa shape index (κ3) is 5.35. The molecule has 2 aliphatic rings. The van der Waals surface area contributed by atoms with Crippen LogP contribution in [0.3, 0.4) is 0 Å². The lowest BCUT2D eigenvalue weighted by atomic mass is 9.99. The largest absolute Gasteiger partial charge is 0.331 e. The molecule has 0 aromatic rings. The van der Waals surface area contributed by atoms with E-state index in [0.717, 1.165) is 15.8 Å². The van der Waals surface area contributed by atoms with Crippen molar-refractivity contribution in [2.45, 2.75) is 75.5 Å². The van der Waals surface area contributed by atoms with Gasteiger partial charge >= 0.3 is 0 Å². The Hall–Kier alpha value is 0.390. The van der Waals surface area contributed by atoms with Gasteiger partial charge in [0.1, 0.15) is 0 Å². The first-order valence-corrected chi connectivity index (χ1v) is 10.3. The number of quaternary nitrogens is 1. The zero-order chi connectivity index (χ0) is 13.7. The first-order chi connectivity index (χ1) is 9.06. The maximum absolute atomic E-state index is 2.37. The molecule has 0 aliphatic heterocycles. The van der Waals surface area contributed by atoms with E-state index in [1.807, 2.05) is 0 Å². The Morgan fingerprint density at radius 2 is 1.16 bits per heavy atom. The van der Waals surface area contributed by atoms with Crippen molar-refractivity contribution >= 4 is 7.92 Å². The summed E-state index contributed by atoms with van der Waals surface area (Å²) in [4.78, 5) is 0. The standard InChI is InChI=1S/C17H35NP/c1-18(2,3)14-15-19(16-10-6-4-7-11-16)17-12-8-5-9-13-17/h16-17H,4-15H2,1-3H3/q+1. The Kier molecular flexibility index (Phi) is 6.15. The molecule has 0 aromatic carbocycles. The fourth-order valence-electron chi connectivity index (χ4n) is 3.90. The Morgan fingerprint density at radius 1 is 0.737 bits per heavy atom. The van der Waals surface area contributed by atoms with E-state index in [0.29, 0.717) is 7.92 Å². The molecule has 0 atom stereocenters. The van der Waals surface area contributed by atoms with Gasteiger partial charge in [-0.1, -0.05) is 46.4 Å². The van der Waals surface area contributed by atoms with Crippen LogP contribution in [0, 0.1) is 0 Å². The van der Waals surface area contributed by atoms with E-state index in [4.69, 9.17) is 0 Å². The molecular weight excluding hydrogens is 249 g/mol. The molecule has 0 unspecified atom stereocenters. The highest BCUT2D eigenvalue weighted by Crippen LogP contribution is 2.55. The van der Waals surface area contributed by atoms with Crippen molar-refractivity contribution in [2.75, 3.05) is 33.8 Å². The van der Waals surface area contributed by atoms with Crippen molar-refractivity contribution in [1.29, 1.82) is 0 Å². The number of nitrogens with zero attached hydrogens (tertiary/aromatic N) is 1. The van der Waals surface area contributed by atoms with E-state index >= 15 is 0 Å². The lowest BCUT2D eigenvalue weighted by molar-refractivity contribution is -0.867. The molecule has 0 bridgehead atoms. The quantitative estimate of drug-likeness (QED) is 0.500. The molecule has 112 valence electrons. The first kappa shape index (κ1) is 15.8. The van der Waals surface area contributed by atoms with Gasteiger partial charge in [0.25, 0.3) is 0 Å². The second-order valence-electron chi connectivity index (χ2n) is 7.84. The zero-order valence-corrected chi connectivity index (χ0v) is 14.4. The summed E-state index contributed by atoms with van der Waals surface area (Å²) in [6.07, 6.45) is 17.0. The van der Waals surface area contributed by atoms with Crippen LogP contribution in [0.2, 0.25) is 0 Å². The number of hydrogen-bond donors (Lipinski definition) is 0. The van der Waals surface area contributed by atoms with Crippen LogP contribution in [0.25, 0.3) is 0 Å². The molecule has 2 rings (SSSR count). The van der Waals surface area contributed by atoms with Gasteiger partial charge in [0.2, 0.25) is 0 Å². The summed E-state index contributed by atoms with van der Waals surface area (Å²) >= 11 is 0. The van der Waals surface area contributed by atoms with Gasteiger partial charge in [0.15, 0.2) is 0 Å². The van der Waals surface area contributed by atoms with Gasteiger partial charge in [-0.25, -0.2) is 0 Å². The molecule has 0 amide bonds. The van der Waals surface area contributed by atoms with Gasteiger partial charge in [-0.2, -0.15) is 0 Å². The van der Waals surface area contributed by atoms with Crippen molar-refractivity contribution in [2.24, 2.45) is 0 Å². The van der Waals surface area contributed by atoms with E-state index < -0.39 is 0 Å². The molecule has 2 saturated carbocycles. The summed E-state index contributed by atoms with van der Waals surface area (Å²) in [6, 6.07) is 0. The summed E-state index contributed by atoms with van der Waals surface area (Å²) in [6.45, 7) is 1.40. The molecule has 0 N–H and O–H groups in total. The fourth-order valence-corrected chi connectivity index (χ4v) is 8.12. The number of hydrogen-bond acceptors (Lipinski definition) is 0. The summed E-state index contributed by atoms with van der Waals surface area (Å²) in [5.41, 5.74) is 2.27. The SMILES string of the molecule is C[N+](C)(C)CCP(C1CCCCC1)C1CCCCC1. The minimum absolute atomic E-state index is 0.323. The van der Waals surface area contributed by atoms with Gasteiger partial charge in [0.05, 0.1) is 27.7 Å². The highest BCUT2D eigenvalue weighted by Gasteiger charge is 2.31. The van der Waals surface area contributed by atoms with Crippen molar-refractivity contribution in [3.63, 3.8) is 0 Å². The van der Waals surface area contributed by atoms with Gasteiger partial charge in [-0.15, -0.1) is 0 Å². The Bertz CT molecular complexity index is 228. The highest BCUT2D eigenvalue weighted by molar-refractivity contribution is 7.59. The van der Waals surface area contributed by atoms with Crippen molar-refractivity contribution in [3.05, 3.63) is 0 Å². The minimum Gasteiger partial charge on any atom is -0.331 e. The Balaban J connectivity index is 1.94. The summed E-state index contributed by atoms with van der Waals surface area (Å²) in [5.74, 6) is 0. The lowest BCUT2D eigenvalue weighted by Gasteiger charge is -2.39. The smallest absolute Gasteiger partial charge is 0.0820 e. The molecule has 0 aromatic heterocycles. The summed E-state index contributed by atoms with van der Waals surface area (Å²) in [7, 11) is 7.43. The Morgan fingerprint density at radius 3 is 1.53 bits per heavy atom. The average molecular weight is 284 g/mol. The molecule has 2 fully saturated rings. The summed E-state index contributed by atoms with van der Waals surface area (Å²) in [5, 5.41) is 0. The van der Waals surface area contributed by atoms with Crippen LogP contribution in [0.1, 0.15) is 64.2 Å². The monoisotopic (exact) mass is 284 g/mol. The molecule has 19 heavy (non-hydrogen) atoms. The lowest BCUT2D eigenvalue weighted by Crippen LogP contribution is -2.38. The van der Waals surface area contributed by atoms with Gasteiger partial charge in [-0.3, -0.25) is 0 Å². The molecule has 0 heterocycles. The van der Waals surface area contributed by atoms with Crippen LogP contribution in [-0.2, 0) is 0 Å². The molecular formula is C17H35NP+. The average Bonchev–Trinajstić information content (AvgIpc) is 2.40. The van der Waals surface area contributed by atoms with Crippen LogP contribution < -0.4 is 0 Å². The molecule has 1 nitrogen and oxygen atoms in total. The van der Waals surface area contributed by atoms with Crippen LogP contribution >= 0.6 is 7.92 Å².